The second-order valence-electron chi connectivity index (χ2n) is 6.35. The number of hydrogen-bond donors (Lipinski definition) is 1. The fraction of sp³-hybridized carbons (Fsp3) is 0.150. The summed E-state index contributed by atoms with van der Waals surface area (Å²) in [5.41, 5.74) is 1.32. The number of thioether (sulfide) groups is 1. The van der Waals surface area contributed by atoms with Crippen LogP contribution in [0.3, 0.4) is 0 Å². The molecule has 154 valence electrons. The first kappa shape index (κ1) is 21.1. The molecule has 0 unspecified atom stereocenters. The van der Waals surface area contributed by atoms with Gasteiger partial charge in [-0.25, -0.2) is 0 Å². The van der Waals surface area contributed by atoms with Gasteiger partial charge in [-0.15, -0.1) is 0 Å². The second-order valence-corrected chi connectivity index (χ2v) is 7.34. The Bertz CT molecular complexity index is 1060. The number of anilines is 1. The van der Waals surface area contributed by atoms with Crippen LogP contribution in [-0.2, 0) is 9.59 Å². The number of nitro groups is 1. The van der Waals surface area contributed by atoms with E-state index in [-0.39, 0.29) is 10.6 Å². The van der Waals surface area contributed by atoms with Gasteiger partial charge in [-0.2, -0.15) is 0 Å². The van der Waals surface area contributed by atoms with Gasteiger partial charge in [0.25, 0.3) is 16.8 Å². The van der Waals surface area contributed by atoms with Crippen LogP contribution in [0.25, 0.3) is 6.08 Å². The molecule has 0 aliphatic carbocycles. The zero-order valence-corrected chi connectivity index (χ0v) is 16.9. The van der Waals surface area contributed by atoms with E-state index in [1.54, 1.807) is 43.3 Å². The van der Waals surface area contributed by atoms with E-state index in [2.05, 4.69) is 5.32 Å². The molecule has 1 fully saturated rings. The quantitative estimate of drug-likeness (QED) is 0.425. The van der Waals surface area contributed by atoms with Gasteiger partial charge in [0.1, 0.15) is 12.3 Å². The zero-order valence-electron chi connectivity index (χ0n) is 16.1. The maximum Gasteiger partial charge on any atom is 0.294 e. The van der Waals surface area contributed by atoms with Crippen LogP contribution in [0.15, 0.2) is 47.4 Å². The van der Waals surface area contributed by atoms with Crippen molar-refractivity contribution in [2.75, 3.05) is 19.0 Å². The van der Waals surface area contributed by atoms with Gasteiger partial charge < -0.3 is 10.1 Å². The molecule has 0 saturated carbocycles. The lowest BCUT2D eigenvalue weighted by molar-refractivity contribution is -0.385. The standard InChI is InChI=1S/C20H17N3O6S/c1-12-3-4-13(9-16(12)23(27)28)10-17-19(25)22(20(26)30-17)11-18(24)21-14-5-7-15(29-2)8-6-14/h3-10H,11H2,1-2H3,(H,21,24)/b17-10+. The van der Waals surface area contributed by atoms with Gasteiger partial charge >= 0.3 is 0 Å². The van der Waals surface area contributed by atoms with Crippen molar-refractivity contribution in [3.63, 3.8) is 0 Å². The molecule has 1 aliphatic heterocycles. The largest absolute Gasteiger partial charge is 0.497 e. The van der Waals surface area contributed by atoms with Crippen molar-refractivity contribution in [1.82, 2.24) is 4.90 Å². The summed E-state index contributed by atoms with van der Waals surface area (Å²) in [5, 5.41) is 13.1. The van der Waals surface area contributed by atoms with Crippen LogP contribution in [0.4, 0.5) is 16.2 Å². The number of benzene rings is 2. The summed E-state index contributed by atoms with van der Waals surface area (Å²) in [5.74, 6) is -0.534. The monoisotopic (exact) mass is 427 g/mol. The highest BCUT2D eigenvalue weighted by atomic mass is 32.2. The molecule has 0 bridgehead atoms. The molecule has 1 heterocycles. The molecule has 2 aromatic rings. The lowest BCUT2D eigenvalue weighted by Gasteiger charge is -2.12. The summed E-state index contributed by atoms with van der Waals surface area (Å²) in [6, 6.07) is 11.1. The molecule has 2 aromatic carbocycles. The van der Waals surface area contributed by atoms with Crippen molar-refractivity contribution in [3.8, 4) is 5.75 Å². The molecule has 0 radical (unpaired) electrons. The summed E-state index contributed by atoms with van der Waals surface area (Å²) in [7, 11) is 1.52. The van der Waals surface area contributed by atoms with E-state index >= 15 is 0 Å². The molecule has 0 aromatic heterocycles. The van der Waals surface area contributed by atoms with Crippen LogP contribution >= 0.6 is 11.8 Å². The maximum absolute atomic E-state index is 12.6. The number of rotatable bonds is 6. The normalized spacial score (nSPS) is 14.9. The summed E-state index contributed by atoms with van der Waals surface area (Å²) >= 11 is 0.680. The first-order valence-electron chi connectivity index (χ1n) is 8.73. The van der Waals surface area contributed by atoms with Crippen molar-refractivity contribution in [3.05, 3.63) is 68.6 Å². The lowest BCUT2D eigenvalue weighted by Crippen LogP contribution is -2.36. The zero-order chi connectivity index (χ0) is 21.8. The Kier molecular flexibility index (Phi) is 6.17. The maximum atomic E-state index is 12.6. The number of nitro benzene ring substituents is 1. The number of aryl methyl sites for hydroxylation is 1. The second kappa shape index (κ2) is 8.78. The lowest BCUT2D eigenvalue weighted by atomic mass is 10.1. The Balaban J connectivity index is 1.71. The summed E-state index contributed by atoms with van der Waals surface area (Å²) < 4.78 is 5.04. The predicted molar refractivity (Wildman–Crippen MR) is 112 cm³/mol. The van der Waals surface area contributed by atoms with E-state index < -0.39 is 28.5 Å². The molecular weight excluding hydrogens is 410 g/mol. The Morgan fingerprint density at radius 3 is 2.57 bits per heavy atom. The highest BCUT2D eigenvalue weighted by molar-refractivity contribution is 8.18. The highest BCUT2D eigenvalue weighted by Crippen LogP contribution is 2.33. The Hall–Kier alpha value is -3.66. The summed E-state index contributed by atoms with van der Waals surface area (Å²) in [6.07, 6.45) is 1.40. The number of ether oxygens (including phenoxy) is 1. The molecule has 3 amide bonds. The van der Waals surface area contributed by atoms with Crippen LogP contribution in [0.5, 0.6) is 5.75 Å². The molecule has 3 rings (SSSR count). The van der Waals surface area contributed by atoms with E-state index in [9.17, 15) is 24.5 Å². The third-order valence-electron chi connectivity index (χ3n) is 4.28. The molecule has 1 aliphatic rings. The van der Waals surface area contributed by atoms with Crippen LogP contribution < -0.4 is 10.1 Å². The summed E-state index contributed by atoms with van der Waals surface area (Å²) in [6.45, 7) is 1.17. The number of hydrogen-bond acceptors (Lipinski definition) is 7. The van der Waals surface area contributed by atoms with Gasteiger partial charge in [0.05, 0.1) is 16.9 Å². The van der Waals surface area contributed by atoms with E-state index in [1.807, 2.05) is 0 Å². The van der Waals surface area contributed by atoms with E-state index in [4.69, 9.17) is 4.74 Å². The third-order valence-corrected chi connectivity index (χ3v) is 5.18. The van der Waals surface area contributed by atoms with Gasteiger partial charge in [-0.1, -0.05) is 12.1 Å². The molecule has 0 atom stereocenters. The van der Waals surface area contributed by atoms with Gasteiger partial charge in [0.2, 0.25) is 5.91 Å². The average Bonchev–Trinajstić information content (AvgIpc) is 2.97. The predicted octanol–water partition coefficient (Wildman–Crippen LogP) is 3.59. The first-order valence-corrected chi connectivity index (χ1v) is 9.54. The molecule has 10 heteroatoms. The van der Waals surface area contributed by atoms with Crippen LogP contribution in [-0.4, -0.2) is 40.5 Å². The molecule has 30 heavy (non-hydrogen) atoms. The Labute approximate surface area is 175 Å². The summed E-state index contributed by atoms with van der Waals surface area (Å²) in [4.78, 5) is 48.5. The fourth-order valence-corrected chi connectivity index (χ4v) is 3.56. The van der Waals surface area contributed by atoms with Gasteiger partial charge in [-0.05, 0) is 54.6 Å². The Morgan fingerprint density at radius 2 is 1.93 bits per heavy atom. The van der Waals surface area contributed by atoms with Crippen molar-refractivity contribution in [2.45, 2.75) is 6.92 Å². The Morgan fingerprint density at radius 1 is 1.23 bits per heavy atom. The minimum atomic E-state index is -0.627. The SMILES string of the molecule is COc1ccc(NC(=O)CN2C(=O)S/C(=C/c3ccc(C)c([N+](=O)[O-])c3)C2=O)cc1. The fourth-order valence-electron chi connectivity index (χ4n) is 2.72. The number of nitrogens with zero attached hydrogens (tertiary/aromatic N) is 2. The van der Waals surface area contributed by atoms with Gasteiger partial charge in [0.15, 0.2) is 0 Å². The molecular formula is C20H17N3O6S. The molecule has 9 nitrogen and oxygen atoms in total. The number of amides is 3. The number of nitrogens with one attached hydrogen (secondary N) is 1. The number of carbonyl (C=O) groups excluding carboxylic acids is 3. The van der Waals surface area contributed by atoms with E-state index in [1.165, 1.54) is 19.3 Å². The van der Waals surface area contributed by atoms with Crippen LogP contribution in [0.2, 0.25) is 0 Å². The van der Waals surface area contributed by atoms with Crippen molar-refractivity contribution >= 4 is 46.3 Å². The molecule has 0 spiro atoms. The molecule has 1 N–H and O–H groups in total. The number of imide groups is 1. The van der Waals surface area contributed by atoms with Crippen LogP contribution in [0.1, 0.15) is 11.1 Å². The smallest absolute Gasteiger partial charge is 0.294 e. The van der Waals surface area contributed by atoms with Crippen molar-refractivity contribution < 1.29 is 24.0 Å². The van der Waals surface area contributed by atoms with Gasteiger partial charge in [0, 0.05) is 17.3 Å². The topological polar surface area (TPSA) is 119 Å². The first-order chi connectivity index (χ1) is 14.3. The highest BCUT2D eigenvalue weighted by Gasteiger charge is 2.36. The number of carbonyl (C=O) groups is 3. The van der Waals surface area contributed by atoms with E-state index in [0.29, 0.717) is 34.3 Å². The van der Waals surface area contributed by atoms with E-state index in [0.717, 1.165) is 4.90 Å². The van der Waals surface area contributed by atoms with Crippen molar-refractivity contribution in [1.29, 1.82) is 0 Å². The minimum absolute atomic E-state index is 0.0816. The molecule has 1 saturated heterocycles. The van der Waals surface area contributed by atoms with Crippen molar-refractivity contribution in [2.24, 2.45) is 0 Å². The minimum Gasteiger partial charge on any atom is -0.497 e. The van der Waals surface area contributed by atoms with Crippen LogP contribution in [0, 0.1) is 17.0 Å². The average molecular weight is 427 g/mol. The third kappa shape index (κ3) is 4.66. The van der Waals surface area contributed by atoms with Gasteiger partial charge in [-0.3, -0.25) is 29.4 Å². The number of methoxy groups -OCH3 is 1.